The number of para-hydroxylation sites is 1. The van der Waals surface area contributed by atoms with E-state index in [-0.39, 0.29) is 29.9 Å². The van der Waals surface area contributed by atoms with Gasteiger partial charge in [0, 0.05) is 30.1 Å². The number of nitrogens with one attached hydrogen (secondary N) is 1. The summed E-state index contributed by atoms with van der Waals surface area (Å²) in [6.45, 7) is 3.64. The molecule has 1 spiro atoms. The summed E-state index contributed by atoms with van der Waals surface area (Å²) in [6.07, 6.45) is 2.87. The van der Waals surface area contributed by atoms with Gasteiger partial charge in [0.15, 0.2) is 0 Å². The summed E-state index contributed by atoms with van der Waals surface area (Å²) >= 11 is 0. The van der Waals surface area contributed by atoms with E-state index in [0.29, 0.717) is 12.0 Å². The number of carboxylic acids is 1. The van der Waals surface area contributed by atoms with Crippen LogP contribution in [0.1, 0.15) is 25.3 Å². The van der Waals surface area contributed by atoms with Crippen LogP contribution in [0.3, 0.4) is 0 Å². The van der Waals surface area contributed by atoms with E-state index < -0.39 is 11.4 Å². The van der Waals surface area contributed by atoms with Gasteiger partial charge in [0.1, 0.15) is 0 Å². The van der Waals surface area contributed by atoms with Crippen LogP contribution in [-0.4, -0.2) is 47.1 Å². The van der Waals surface area contributed by atoms with Crippen molar-refractivity contribution in [2.75, 3.05) is 18.4 Å². The van der Waals surface area contributed by atoms with E-state index in [1.165, 1.54) is 6.26 Å². The predicted octanol–water partition coefficient (Wildman–Crippen LogP) is 1.97. The molecule has 0 aliphatic carbocycles. The van der Waals surface area contributed by atoms with Crippen molar-refractivity contribution in [3.63, 3.8) is 0 Å². The third-order valence-corrected chi connectivity index (χ3v) is 6.96. The topological polar surface area (TPSA) is 78.9 Å². The molecule has 5 rings (SSSR count). The maximum absolute atomic E-state index is 13.1. The molecule has 1 amide bonds. The number of carbonyl (C=O) groups excluding carboxylic acids is 1. The largest absolute Gasteiger partial charge is 0.497 e. The van der Waals surface area contributed by atoms with Crippen molar-refractivity contribution in [3.8, 4) is 0 Å². The number of nitrogens with zero attached hydrogens (tertiary/aromatic N) is 1. The SMILES string of the molecule is C[C@H]1OC=C(C(=O)O)[C@H]2C[C@@H]3N(CCC34C(=O)Nc3ccccc34)C[C@@H]21. The fraction of sp³-hybridized carbons (Fsp3) is 0.500. The maximum Gasteiger partial charge on any atom is 0.334 e. The predicted molar refractivity (Wildman–Crippen MR) is 94.6 cm³/mol. The van der Waals surface area contributed by atoms with E-state index in [1.807, 2.05) is 31.2 Å². The Morgan fingerprint density at radius 1 is 1.38 bits per heavy atom. The number of benzene rings is 1. The lowest BCUT2D eigenvalue weighted by Crippen LogP contribution is -2.56. The van der Waals surface area contributed by atoms with Gasteiger partial charge in [-0.05, 0) is 37.9 Å². The monoisotopic (exact) mass is 354 g/mol. The second-order valence-corrected chi connectivity index (χ2v) is 7.96. The molecule has 4 aliphatic heterocycles. The van der Waals surface area contributed by atoms with Crippen LogP contribution >= 0.6 is 0 Å². The van der Waals surface area contributed by atoms with Gasteiger partial charge in [-0.1, -0.05) is 18.2 Å². The summed E-state index contributed by atoms with van der Waals surface area (Å²) in [5, 5.41) is 12.7. The quantitative estimate of drug-likeness (QED) is 0.806. The van der Waals surface area contributed by atoms with E-state index >= 15 is 0 Å². The summed E-state index contributed by atoms with van der Waals surface area (Å²) in [5.41, 5.74) is 1.75. The smallest absolute Gasteiger partial charge is 0.334 e. The Bertz CT molecular complexity index is 835. The van der Waals surface area contributed by atoms with E-state index in [9.17, 15) is 14.7 Å². The van der Waals surface area contributed by atoms with Crippen LogP contribution in [-0.2, 0) is 19.7 Å². The van der Waals surface area contributed by atoms with Crippen molar-refractivity contribution >= 4 is 17.6 Å². The fourth-order valence-corrected chi connectivity index (χ4v) is 5.66. The van der Waals surface area contributed by atoms with Crippen molar-refractivity contribution in [2.24, 2.45) is 11.8 Å². The summed E-state index contributed by atoms with van der Waals surface area (Å²) in [6, 6.07) is 7.95. The maximum atomic E-state index is 13.1. The molecule has 136 valence electrons. The molecule has 4 heterocycles. The van der Waals surface area contributed by atoms with Crippen molar-refractivity contribution in [3.05, 3.63) is 41.7 Å². The highest BCUT2D eigenvalue weighted by Crippen LogP contribution is 2.53. The first kappa shape index (κ1) is 15.9. The molecule has 6 heteroatoms. The molecule has 0 bridgehead atoms. The van der Waals surface area contributed by atoms with Crippen molar-refractivity contribution in [1.82, 2.24) is 4.90 Å². The Labute approximate surface area is 151 Å². The minimum absolute atomic E-state index is 0.00899. The van der Waals surface area contributed by atoms with Crippen molar-refractivity contribution < 1.29 is 19.4 Å². The zero-order chi connectivity index (χ0) is 18.1. The first-order valence-corrected chi connectivity index (χ1v) is 9.26. The Balaban J connectivity index is 1.57. The van der Waals surface area contributed by atoms with E-state index in [0.717, 1.165) is 30.8 Å². The first-order valence-electron chi connectivity index (χ1n) is 9.26. The number of carboxylic acid groups (broad SMARTS) is 1. The lowest BCUT2D eigenvalue weighted by atomic mass is 9.66. The van der Waals surface area contributed by atoms with Crippen LogP contribution in [0.4, 0.5) is 5.69 Å². The zero-order valence-corrected chi connectivity index (χ0v) is 14.6. The zero-order valence-electron chi connectivity index (χ0n) is 14.6. The number of ether oxygens (including phenoxy) is 1. The minimum atomic E-state index is -0.913. The van der Waals surface area contributed by atoms with Gasteiger partial charge < -0.3 is 15.2 Å². The van der Waals surface area contributed by atoms with Gasteiger partial charge in [-0.15, -0.1) is 0 Å². The molecule has 2 saturated heterocycles. The van der Waals surface area contributed by atoms with Gasteiger partial charge >= 0.3 is 5.97 Å². The molecule has 26 heavy (non-hydrogen) atoms. The molecule has 4 aliphatic rings. The average Bonchev–Trinajstić information content (AvgIpc) is 3.14. The highest BCUT2D eigenvalue weighted by Gasteiger charge is 2.61. The van der Waals surface area contributed by atoms with Crippen LogP contribution in [0.5, 0.6) is 0 Å². The standard InChI is InChI=1S/C20H22N2O4/c1-11-13-9-22-7-6-20(15-4-2-3-5-16(15)21-19(20)25)17(22)8-12(13)14(10-26-11)18(23)24/h2-5,10-13,17H,6-9H2,1H3,(H,21,25)(H,23,24)/t11-,12+,13-,17+,20?/m1/s1. The molecule has 1 aromatic carbocycles. The van der Waals surface area contributed by atoms with Gasteiger partial charge in [-0.3, -0.25) is 9.69 Å². The van der Waals surface area contributed by atoms with Gasteiger partial charge in [0.05, 0.1) is 23.4 Å². The average molecular weight is 354 g/mol. The number of fused-ring (bicyclic) bond motifs is 5. The Morgan fingerprint density at radius 3 is 3.00 bits per heavy atom. The number of carbonyl (C=O) groups is 2. The molecule has 0 radical (unpaired) electrons. The molecular formula is C20H22N2O4. The van der Waals surface area contributed by atoms with Crippen LogP contribution in [0.15, 0.2) is 36.1 Å². The van der Waals surface area contributed by atoms with Crippen molar-refractivity contribution in [1.29, 1.82) is 0 Å². The van der Waals surface area contributed by atoms with Crippen LogP contribution in [0.2, 0.25) is 0 Å². The Morgan fingerprint density at radius 2 is 2.19 bits per heavy atom. The third-order valence-electron chi connectivity index (χ3n) is 6.96. The lowest BCUT2D eigenvalue weighted by molar-refractivity contribution is -0.135. The number of amides is 1. The first-order chi connectivity index (χ1) is 12.5. The van der Waals surface area contributed by atoms with E-state index in [4.69, 9.17) is 4.74 Å². The molecule has 1 unspecified atom stereocenters. The number of hydrogen-bond acceptors (Lipinski definition) is 4. The number of hydrogen-bond donors (Lipinski definition) is 2. The summed E-state index contributed by atoms with van der Waals surface area (Å²) in [4.78, 5) is 27.2. The molecule has 0 saturated carbocycles. The second kappa shape index (κ2) is 5.33. The van der Waals surface area contributed by atoms with E-state index in [1.54, 1.807) is 0 Å². The fourth-order valence-electron chi connectivity index (χ4n) is 5.66. The molecule has 1 aromatic rings. The molecule has 2 N–H and O–H groups in total. The molecular weight excluding hydrogens is 332 g/mol. The van der Waals surface area contributed by atoms with E-state index in [2.05, 4.69) is 10.2 Å². The molecule has 2 fully saturated rings. The van der Waals surface area contributed by atoms with Gasteiger partial charge in [0.2, 0.25) is 5.91 Å². The molecule has 0 aromatic heterocycles. The van der Waals surface area contributed by atoms with Gasteiger partial charge in [-0.25, -0.2) is 4.79 Å². The summed E-state index contributed by atoms with van der Waals surface area (Å²) in [5.74, 6) is -0.778. The summed E-state index contributed by atoms with van der Waals surface area (Å²) < 4.78 is 5.62. The number of aliphatic carboxylic acids is 1. The highest BCUT2D eigenvalue weighted by molar-refractivity contribution is 6.07. The number of anilines is 1. The van der Waals surface area contributed by atoms with Crippen molar-refractivity contribution in [2.45, 2.75) is 37.3 Å². The lowest BCUT2D eigenvalue weighted by Gasteiger charge is -2.47. The van der Waals surface area contributed by atoms with Crippen LogP contribution in [0.25, 0.3) is 0 Å². The summed E-state index contributed by atoms with van der Waals surface area (Å²) in [7, 11) is 0. The Hall–Kier alpha value is -2.34. The van der Waals surface area contributed by atoms with Gasteiger partial charge in [0.25, 0.3) is 0 Å². The minimum Gasteiger partial charge on any atom is -0.497 e. The van der Waals surface area contributed by atoms with Crippen LogP contribution in [0, 0.1) is 11.8 Å². The van der Waals surface area contributed by atoms with Crippen LogP contribution < -0.4 is 5.32 Å². The molecule has 5 atom stereocenters. The van der Waals surface area contributed by atoms with Gasteiger partial charge in [-0.2, -0.15) is 0 Å². The normalized spacial score (nSPS) is 38.0. The Kier molecular flexibility index (Phi) is 3.26. The molecule has 6 nitrogen and oxygen atoms in total. The number of rotatable bonds is 1. The second-order valence-electron chi connectivity index (χ2n) is 7.96. The highest BCUT2D eigenvalue weighted by atomic mass is 16.5. The number of piperidine rings is 1. The third kappa shape index (κ3) is 1.91.